The average Bonchev–Trinajstić information content (AvgIpc) is 2.58. The second-order valence-electron chi connectivity index (χ2n) is 7.42. The van der Waals surface area contributed by atoms with Crippen molar-refractivity contribution < 1.29 is 14.3 Å². The minimum absolute atomic E-state index is 0.00730. The van der Waals surface area contributed by atoms with Gasteiger partial charge in [0.25, 0.3) is 0 Å². The first kappa shape index (κ1) is 19.2. The first-order chi connectivity index (χ1) is 12.8. The molecule has 1 aromatic carbocycles. The number of rotatable bonds is 6. The Morgan fingerprint density at radius 3 is 2.81 bits per heavy atom. The fraction of sp³-hybridized carbons (Fsp3) is 0.429. The van der Waals surface area contributed by atoms with Gasteiger partial charge >= 0.3 is 0 Å². The highest BCUT2D eigenvalue weighted by molar-refractivity contribution is 5.91. The van der Waals surface area contributed by atoms with E-state index in [1.165, 1.54) is 6.92 Å². The number of hydrogen-bond donors (Lipinski definition) is 2. The zero-order chi connectivity index (χ0) is 19.6. The number of fused-ring (bicyclic) bond motifs is 3. The molecule has 27 heavy (non-hydrogen) atoms. The summed E-state index contributed by atoms with van der Waals surface area (Å²) in [6.07, 6.45) is 2.38. The molecular formula is C21H27N3O3. The molecule has 0 saturated heterocycles. The van der Waals surface area contributed by atoms with E-state index in [4.69, 9.17) is 15.2 Å². The van der Waals surface area contributed by atoms with Crippen LogP contribution in [0.25, 0.3) is 11.1 Å². The third kappa shape index (κ3) is 4.39. The molecule has 6 nitrogen and oxygen atoms in total. The van der Waals surface area contributed by atoms with Gasteiger partial charge in [0.05, 0.1) is 0 Å². The quantitative estimate of drug-likeness (QED) is 0.806. The number of hydrogen-bond acceptors (Lipinski definition) is 5. The molecule has 144 valence electrons. The standard InChI is InChI=1S/C21H27N3O3/c1-12(2)9-15(22)11-26-16-5-6-17-18-7-8-23-21(24-14(4)25)20(18)13(3)27-19(17)10-16/h5-8,10,12-13,15H,9,11,22H2,1-4H3,(H,23,24,25). The predicted octanol–water partition coefficient (Wildman–Crippen LogP) is 3.91. The summed E-state index contributed by atoms with van der Waals surface area (Å²) < 4.78 is 11.9. The van der Waals surface area contributed by atoms with Gasteiger partial charge in [0.15, 0.2) is 0 Å². The molecule has 2 aromatic rings. The molecule has 3 rings (SSSR count). The number of benzene rings is 1. The molecule has 0 aliphatic carbocycles. The minimum atomic E-state index is -0.235. The van der Waals surface area contributed by atoms with Gasteiger partial charge in [-0.3, -0.25) is 4.79 Å². The number of nitrogens with one attached hydrogen (secondary N) is 1. The summed E-state index contributed by atoms with van der Waals surface area (Å²) in [7, 11) is 0. The molecule has 0 saturated carbocycles. The highest BCUT2D eigenvalue weighted by Gasteiger charge is 2.27. The van der Waals surface area contributed by atoms with Crippen molar-refractivity contribution in [1.82, 2.24) is 4.98 Å². The molecule has 2 unspecified atom stereocenters. The van der Waals surface area contributed by atoms with Crippen LogP contribution in [0.1, 0.15) is 45.8 Å². The number of carbonyl (C=O) groups is 1. The number of nitrogens with zero attached hydrogens (tertiary/aromatic N) is 1. The van der Waals surface area contributed by atoms with Gasteiger partial charge in [-0.1, -0.05) is 13.8 Å². The van der Waals surface area contributed by atoms with Gasteiger partial charge in [-0.15, -0.1) is 0 Å². The normalized spacial score (nSPS) is 16.1. The number of ether oxygens (including phenoxy) is 2. The number of amides is 1. The minimum Gasteiger partial charge on any atom is -0.492 e. The Hall–Kier alpha value is -2.60. The number of nitrogens with two attached hydrogens (primary N) is 1. The number of carbonyl (C=O) groups excluding carboxylic acids is 1. The van der Waals surface area contributed by atoms with E-state index in [0.29, 0.717) is 18.3 Å². The van der Waals surface area contributed by atoms with E-state index in [9.17, 15) is 4.79 Å². The molecule has 3 N–H and O–H groups in total. The maximum atomic E-state index is 11.5. The van der Waals surface area contributed by atoms with Crippen LogP contribution in [0.3, 0.4) is 0 Å². The molecule has 0 spiro atoms. The third-order valence-electron chi connectivity index (χ3n) is 4.48. The van der Waals surface area contributed by atoms with Gasteiger partial charge in [-0.25, -0.2) is 4.98 Å². The summed E-state index contributed by atoms with van der Waals surface area (Å²) in [5.74, 6) is 2.41. The Kier molecular flexibility index (Phi) is 5.65. The van der Waals surface area contributed by atoms with Crippen LogP contribution < -0.4 is 20.5 Å². The zero-order valence-electron chi connectivity index (χ0n) is 16.3. The first-order valence-corrected chi connectivity index (χ1v) is 9.31. The Morgan fingerprint density at radius 1 is 1.33 bits per heavy atom. The second kappa shape index (κ2) is 7.96. The van der Waals surface area contributed by atoms with E-state index in [-0.39, 0.29) is 18.1 Å². The average molecular weight is 369 g/mol. The van der Waals surface area contributed by atoms with E-state index in [1.807, 2.05) is 31.2 Å². The van der Waals surface area contributed by atoms with Gasteiger partial charge in [0.2, 0.25) is 5.91 Å². The summed E-state index contributed by atoms with van der Waals surface area (Å²) in [5, 5.41) is 2.79. The topological polar surface area (TPSA) is 86.5 Å². The lowest BCUT2D eigenvalue weighted by molar-refractivity contribution is -0.114. The fourth-order valence-corrected chi connectivity index (χ4v) is 3.42. The third-order valence-corrected chi connectivity index (χ3v) is 4.48. The molecule has 2 heterocycles. The fourth-order valence-electron chi connectivity index (χ4n) is 3.42. The molecular weight excluding hydrogens is 342 g/mol. The van der Waals surface area contributed by atoms with Crippen LogP contribution in [-0.2, 0) is 4.79 Å². The van der Waals surface area contributed by atoms with E-state index >= 15 is 0 Å². The first-order valence-electron chi connectivity index (χ1n) is 9.31. The summed E-state index contributed by atoms with van der Waals surface area (Å²) in [5.41, 5.74) is 8.95. The smallest absolute Gasteiger partial charge is 0.222 e. The molecule has 1 aliphatic heterocycles. The summed E-state index contributed by atoms with van der Waals surface area (Å²) >= 11 is 0. The zero-order valence-corrected chi connectivity index (χ0v) is 16.3. The van der Waals surface area contributed by atoms with Crippen LogP contribution in [0.5, 0.6) is 11.5 Å². The van der Waals surface area contributed by atoms with E-state index in [1.54, 1.807) is 6.20 Å². The Balaban J connectivity index is 1.85. The maximum absolute atomic E-state index is 11.5. The molecule has 0 bridgehead atoms. The number of aromatic nitrogens is 1. The van der Waals surface area contributed by atoms with Crippen molar-refractivity contribution in [2.75, 3.05) is 11.9 Å². The van der Waals surface area contributed by atoms with E-state index in [0.717, 1.165) is 34.6 Å². The van der Waals surface area contributed by atoms with E-state index < -0.39 is 0 Å². The molecule has 1 aromatic heterocycles. The van der Waals surface area contributed by atoms with Crippen molar-refractivity contribution >= 4 is 11.7 Å². The molecule has 2 atom stereocenters. The highest BCUT2D eigenvalue weighted by atomic mass is 16.5. The van der Waals surface area contributed by atoms with Gasteiger partial charge < -0.3 is 20.5 Å². The Bertz CT molecular complexity index is 835. The Labute approximate surface area is 160 Å². The summed E-state index contributed by atoms with van der Waals surface area (Å²) in [6, 6.07) is 7.74. The van der Waals surface area contributed by atoms with Crippen LogP contribution >= 0.6 is 0 Å². The molecule has 0 radical (unpaired) electrons. The van der Waals surface area contributed by atoms with Crippen molar-refractivity contribution in [3.63, 3.8) is 0 Å². The SMILES string of the molecule is CC(=O)Nc1nccc2c1C(C)Oc1cc(OCC(N)CC(C)C)ccc1-2. The lowest BCUT2D eigenvalue weighted by atomic mass is 9.94. The molecule has 6 heteroatoms. The molecule has 1 amide bonds. The van der Waals surface area contributed by atoms with Gasteiger partial charge in [0.1, 0.15) is 30.0 Å². The largest absolute Gasteiger partial charge is 0.492 e. The summed E-state index contributed by atoms with van der Waals surface area (Å²) in [6.45, 7) is 8.18. The van der Waals surface area contributed by atoms with Crippen molar-refractivity contribution in [2.45, 2.75) is 46.3 Å². The van der Waals surface area contributed by atoms with Crippen LogP contribution in [0.4, 0.5) is 5.82 Å². The van der Waals surface area contributed by atoms with E-state index in [2.05, 4.69) is 24.1 Å². The van der Waals surface area contributed by atoms with Gasteiger partial charge in [-0.05, 0) is 43.0 Å². The van der Waals surface area contributed by atoms with Crippen LogP contribution in [-0.4, -0.2) is 23.5 Å². The Morgan fingerprint density at radius 2 is 2.11 bits per heavy atom. The van der Waals surface area contributed by atoms with Crippen LogP contribution in [0, 0.1) is 5.92 Å². The lowest BCUT2D eigenvalue weighted by Crippen LogP contribution is -2.29. The highest BCUT2D eigenvalue weighted by Crippen LogP contribution is 2.45. The second-order valence-corrected chi connectivity index (χ2v) is 7.42. The molecule has 0 fully saturated rings. The molecule has 1 aliphatic rings. The van der Waals surface area contributed by atoms with Crippen molar-refractivity contribution in [2.24, 2.45) is 11.7 Å². The predicted molar refractivity (Wildman–Crippen MR) is 106 cm³/mol. The summed E-state index contributed by atoms with van der Waals surface area (Å²) in [4.78, 5) is 15.8. The van der Waals surface area contributed by atoms with Crippen molar-refractivity contribution in [3.05, 3.63) is 36.0 Å². The van der Waals surface area contributed by atoms with Crippen LogP contribution in [0.15, 0.2) is 30.5 Å². The van der Waals surface area contributed by atoms with Gasteiger partial charge in [-0.2, -0.15) is 0 Å². The number of anilines is 1. The van der Waals surface area contributed by atoms with Crippen LogP contribution in [0.2, 0.25) is 0 Å². The van der Waals surface area contributed by atoms with Gasteiger partial charge in [0, 0.05) is 36.4 Å². The number of pyridine rings is 1. The van der Waals surface area contributed by atoms with Crippen molar-refractivity contribution in [3.8, 4) is 22.6 Å². The van der Waals surface area contributed by atoms with Crippen molar-refractivity contribution in [1.29, 1.82) is 0 Å². The monoisotopic (exact) mass is 369 g/mol. The lowest BCUT2D eigenvalue weighted by Gasteiger charge is -2.28. The maximum Gasteiger partial charge on any atom is 0.222 e.